The third-order valence-electron chi connectivity index (χ3n) is 5.47. The van der Waals surface area contributed by atoms with Crippen molar-refractivity contribution in [2.24, 2.45) is 0 Å². The van der Waals surface area contributed by atoms with Crippen LogP contribution in [0.2, 0.25) is 5.02 Å². The summed E-state index contributed by atoms with van der Waals surface area (Å²) in [4.78, 5) is 13.1. The van der Waals surface area contributed by atoms with Crippen molar-refractivity contribution < 1.29 is 31.1 Å². The maximum atomic E-state index is 13.7. The minimum absolute atomic E-state index is 0.0294. The third-order valence-corrected chi connectivity index (χ3v) is 9.21. The first-order valence-corrected chi connectivity index (χ1v) is 15.0. The number of nitrogens with zero attached hydrogens (tertiary/aromatic N) is 1. The van der Waals surface area contributed by atoms with E-state index in [2.05, 4.69) is 10.0 Å². The monoisotopic (exact) mass is 595 g/mol. The Hall–Kier alpha value is -3.32. The van der Waals surface area contributed by atoms with Gasteiger partial charge in [-0.05, 0) is 69.3 Å². The van der Waals surface area contributed by atoms with Crippen molar-refractivity contribution in [2.45, 2.75) is 36.6 Å². The highest BCUT2D eigenvalue weighted by Crippen LogP contribution is 2.33. The number of anilines is 2. The normalized spacial score (nSPS) is 11.8. The molecule has 0 heterocycles. The molecule has 10 nitrogen and oxygen atoms in total. The molecule has 0 unspecified atom stereocenters. The molecule has 39 heavy (non-hydrogen) atoms. The highest BCUT2D eigenvalue weighted by molar-refractivity contribution is 7.92. The van der Waals surface area contributed by atoms with Crippen LogP contribution < -0.4 is 23.8 Å². The fraction of sp³-hybridized carbons (Fsp3) is 0.269. The molecule has 3 aromatic rings. The quantitative estimate of drug-likeness (QED) is 0.340. The van der Waals surface area contributed by atoms with Crippen LogP contribution >= 0.6 is 11.6 Å². The first-order valence-electron chi connectivity index (χ1n) is 11.7. The third kappa shape index (κ3) is 7.21. The summed E-state index contributed by atoms with van der Waals surface area (Å²) in [6.45, 7) is 4.53. The number of nitrogens with one attached hydrogen (secondary N) is 2. The van der Waals surface area contributed by atoms with Crippen LogP contribution in [0.3, 0.4) is 0 Å². The minimum Gasteiger partial charge on any atom is -0.495 e. The summed E-state index contributed by atoms with van der Waals surface area (Å²) in [6.07, 6.45) is 0. The number of aryl methyl sites for hydroxylation is 1. The van der Waals surface area contributed by atoms with Crippen LogP contribution in [-0.2, 0) is 24.8 Å². The fourth-order valence-electron chi connectivity index (χ4n) is 3.61. The van der Waals surface area contributed by atoms with E-state index in [9.17, 15) is 21.6 Å². The van der Waals surface area contributed by atoms with E-state index in [0.29, 0.717) is 5.75 Å². The van der Waals surface area contributed by atoms with E-state index in [0.717, 1.165) is 9.87 Å². The van der Waals surface area contributed by atoms with Crippen LogP contribution in [0.15, 0.2) is 70.5 Å². The van der Waals surface area contributed by atoms with Gasteiger partial charge in [-0.15, -0.1) is 0 Å². The van der Waals surface area contributed by atoms with Gasteiger partial charge in [0.2, 0.25) is 15.9 Å². The summed E-state index contributed by atoms with van der Waals surface area (Å²) in [5.41, 5.74) is 1.04. The van der Waals surface area contributed by atoms with Crippen molar-refractivity contribution >= 4 is 48.9 Å². The molecule has 0 aliphatic rings. The first kappa shape index (κ1) is 30.2. The van der Waals surface area contributed by atoms with E-state index in [1.807, 2.05) is 6.92 Å². The van der Waals surface area contributed by atoms with Crippen molar-refractivity contribution in [3.63, 3.8) is 0 Å². The Morgan fingerprint density at radius 2 is 1.49 bits per heavy atom. The van der Waals surface area contributed by atoms with E-state index in [4.69, 9.17) is 21.1 Å². The van der Waals surface area contributed by atoms with E-state index in [1.165, 1.54) is 62.8 Å². The topological polar surface area (TPSA) is 131 Å². The number of carbonyl (C=O) groups is 1. The standard InChI is InChI=1S/C26H30ClN3O7S2/c1-17(2)29-38(32,33)21-11-13-25(37-5)23(15-21)28-26(31)16-30(19-8-12-24(36-4)22(27)14-19)39(34,35)20-9-6-18(3)7-10-20/h6-15,17,29H,16H2,1-5H3,(H,28,31). The predicted octanol–water partition coefficient (Wildman–Crippen LogP) is 4.19. The van der Waals surface area contributed by atoms with E-state index < -0.39 is 32.5 Å². The SMILES string of the molecule is COc1ccc(N(CC(=O)Nc2cc(S(=O)(=O)NC(C)C)ccc2OC)S(=O)(=O)c2ccc(C)cc2)cc1Cl. The van der Waals surface area contributed by atoms with Crippen LogP contribution in [0, 0.1) is 6.92 Å². The molecular formula is C26H30ClN3O7S2. The molecule has 0 spiro atoms. The highest BCUT2D eigenvalue weighted by atomic mass is 35.5. The Kier molecular flexibility index (Phi) is 9.49. The Morgan fingerprint density at radius 1 is 0.897 bits per heavy atom. The van der Waals surface area contributed by atoms with Crippen molar-refractivity contribution in [3.05, 3.63) is 71.2 Å². The zero-order chi connectivity index (χ0) is 29.0. The highest BCUT2D eigenvalue weighted by Gasteiger charge is 2.28. The largest absolute Gasteiger partial charge is 0.495 e. The molecule has 0 aliphatic heterocycles. The second-order valence-electron chi connectivity index (χ2n) is 8.83. The average Bonchev–Trinajstić information content (AvgIpc) is 2.86. The predicted molar refractivity (Wildman–Crippen MR) is 151 cm³/mol. The molecule has 0 fully saturated rings. The van der Waals surface area contributed by atoms with Crippen LogP contribution in [0.25, 0.3) is 0 Å². The van der Waals surface area contributed by atoms with Gasteiger partial charge in [-0.3, -0.25) is 9.10 Å². The lowest BCUT2D eigenvalue weighted by Gasteiger charge is -2.25. The maximum absolute atomic E-state index is 13.7. The molecule has 3 rings (SSSR count). The average molecular weight is 596 g/mol. The van der Waals surface area contributed by atoms with Gasteiger partial charge in [0.25, 0.3) is 10.0 Å². The van der Waals surface area contributed by atoms with Gasteiger partial charge in [-0.1, -0.05) is 29.3 Å². The second kappa shape index (κ2) is 12.2. The number of methoxy groups -OCH3 is 2. The Balaban J connectivity index is 2.01. The van der Waals surface area contributed by atoms with Crippen molar-refractivity contribution in [2.75, 3.05) is 30.4 Å². The zero-order valence-corrected chi connectivity index (χ0v) is 24.4. The van der Waals surface area contributed by atoms with Crippen molar-refractivity contribution in [1.29, 1.82) is 0 Å². The first-order chi connectivity index (χ1) is 18.3. The Morgan fingerprint density at radius 3 is 2.05 bits per heavy atom. The molecule has 0 radical (unpaired) electrons. The number of ether oxygens (including phenoxy) is 2. The summed E-state index contributed by atoms with van der Waals surface area (Å²) in [5, 5.41) is 2.73. The van der Waals surface area contributed by atoms with Gasteiger partial charge in [0.05, 0.1) is 40.4 Å². The lowest BCUT2D eigenvalue weighted by atomic mass is 10.2. The summed E-state index contributed by atoms with van der Waals surface area (Å²) in [5.74, 6) is -0.232. The molecule has 210 valence electrons. The lowest BCUT2D eigenvalue weighted by Crippen LogP contribution is -2.38. The Labute approximate surface area is 234 Å². The van der Waals surface area contributed by atoms with Gasteiger partial charge in [0.1, 0.15) is 18.0 Å². The van der Waals surface area contributed by atoms with Gasteiger partial charge >= 0.3 is 0 Å². The molecule has 0 saturated carbocycles. The molecule has 1 amide bonds. The molecule has 3 aromatic carbocycles. The van der Waals surface area contributed by atoms with E-state index >= 15 is 0 Å². The summed E-state index contributed by atoms with van der Waals surface area (Å²) in [7, 11) is -5.31. The lowest BCUT2D eigenvalue weighted by molar-refractivity contribution is -0.114. The number of rotatable bonds is 11. The Bertz CT molecular complexity index is 1560. The molecule has 13 heteroatoms. The van der Waals surface area contributed by atoms with Crippen LogP contribution in [0.5, 0.6) is 11.5 Å². The van der Waals surface area contributed by atoms with Crippen molar-refractivity contribution in [3.8, 4) is 11.5 Å². The van der Waals surface area contributed by atoms with E-state index in [1.54, 1.807) is 26.0 Å². The van der Waals surface area contributed by atoms with Crippen LogP contribution in [0.1, 0.15) is 19.4 Å². The molecular weight excluding hydrogens is 566 g/mol. The second-order valence-corrected chi connectivity index (χ2v) is 12.8. The van der Waals surface area contributed by atoms with Gasteiger partial charge in [-0.2, -0.15) is 0 Å². The minimum atomic E-state index is -4.22. The van der Waals surface area contributed by atoms with Gasteiger partial charge in [-0.25, -0.2) is 21.6 Å². The van der Waals surface area contributed by atoms with Crippen LogP contribution in [-0.4, -0.2) is 49.5 Å². The van der Waals surface area contributed by atoms with Crippen molar-refractivity contribution in [1.82, 2.24) is 4.72 Å². The summed E-state index contributed by atoms with van der Waals surface area (Å²) in [6, 6.07) is 14.1. The summed E-state index contributed by atoms with van der Waals surface area (Å²) >= 11 is 6.27. The van der Waals surface area contributed by atoms with E-state index in [-0.39, 0.29) is 38.0 Å². The van der Waals surface area contributed by atoms with Gasteiger partial charge in [0.15, 0.2) is 0 Å². The summed E-state index contributed by atoms with van der Waals surface area (Å²) < 4.78 is 66.5. The fourth-order valence-corrected chi connectivity index (χ4v) is 6.56. The smallest absolute Gasteiger partial charge is 0.264 e. The number of hydrogen-bond acceptors (Lipinski definition) is 7. The number of halogens is 1. The number of amides is 1. The number of hydrogen-bond donors (Lipinski definition) is 2. The molecule has 0 aromatic heterocycles. The molecule has 0 saturated heterocycles. The molecule has 2 N–H and O–H groups in total. The zero-order valence-electron chi connectivity index (χ0n) is 22.1. The maximum Gasteiger partial charge on any atom is 0.264 e. The molecule has 0 aliphatic carbocycles. The van der Waals surface area contributed by atoms with Gasteiger partial charge < -0.3 is 14.8 Å². The molecule has 0 bridgehead atoms. The van der Waals surface area contributed by atoms with Gasteiger partial charge in [0, 0.05) is 6.04 Å². The van der Waals surface area contributed by atoms with Crippen LogP contribution in [0.4, 0.5) is 11.4 Å². The number of benzene rings is 3. The number of sulfonamides is 2. The number of carbonyl (C=O) groups excluding carboxylic acids is 1. The molecule has 0 atom stereocenters.